The number of ether oxygens (including phenoxy) is 1. The lowest BCUT2D eigenvalue weighted by Crippen LogP contribution is -2.13. The van der Waals surface area contributed by atoms with Gasteiger partial charge in [-0.3, -0.25) is 4.68 Å². The van der Waals surface area contributed by atoms with E-state index in [1.807, 2.05) is 24.3 Å². The highest BCUT2D eigenvalue weighted by Crippen LogP contribution is 2.25. The third-order valence-electron chi connectivity index (χ3n) is 3.64. The van der Waals surface area contributed by atoms with Gasteiger partial charge >= 0.3 is 5.97 Å². The monoisotopic (exact) mass is 272 g/mol. The molecule has 1 heterocycles. The zero-order valence-electron chi connectivity index (χ0n) is 11.3. The predicted octanol–water partition coefficient (Wildman–Crippen LogP) is 2.13. The Morgan fingerprint density at radius 2 is 2.30 bits per heavy atom. The normalized spacial score (nSPS) is 13.2. The van der Waals surface area contributed by atoms with Crippen molar-refractivity contribution in [1.82, 2.24) is 9.78 Å². The van der Waals surface area contributed by atoms with Crippen LogP contribution < -0.4 is 4.74 Å². The van der Waals surface area contributed by atoms with E-state index < -0.39 is 5.97 Å². The molecule has 104 valence electrons. The van der Waals surface area contributed by atoms with E-state index in [-0.39, 0.29) is 0 Å². The van der Waals surface area contributed by atoms with Gasteiger partial charge < -0.3 is 9.84 Å². The standard InChI is InChI=1S/C15H16N2O3/c1-20-11-5-2-4-10(8-11)9-17-14(15(18)19)12-6-3-7-13(12)16-17/h2,4-5,8H,3,6-7,9H2,1H3,(H,18,19). The van der Waals surface area contributed by atoms with Crippen molar-refractivity contribution < 1.29 is 14.6 Å². The van der Waals surface area contributed by atoms with Crippen LogP contribution in [0.15, 0.2) is 24.3 Å². The highest BCUT2D eigenvalue weighted by molar-refractivity contribution is 5.88. The summed E-state index contributed by atoms with van der Waals surface area (Å²) in [7, 11) is 1.62. The van der Waals surface area contributed by atoms with Crippen LogP contribution in [0, 0.1) is 0 Å². The van der Waals surface area contributed by atoms with Gasteiger partial charge in [-0.05, 0) is 37.0 Å². The molecule has 0 aliphatic heterocycles. The molecule has 2 aromatic rings. The van der Waals surface area contributed by atoms with Gasteiger partial charge in [0.1, 0.15) is 11.4 Å². The number of aromatic carboxylic acids is 1. The molecule has 0 fully saturated rings. The maximum Gasteiger partial charge on any atom is 0.354 e. The summed E-state index contributed by atoms with van der Waals surface area (Å²) >= 11 is 0. The number of aryl methyl sites for hydroxylation is 1. The van der Waals surface area contributed by atoms with E-state index in [1.54, 1.807) is 11.8 Å². The summed E-state index contributed by atoms with van der Waals surface area (Å²) in [5, 5.41) is 13.9. The fourth-order valence-corrected chi connectivity index (χ4v) is 2.74. The van der Waals surface area contributed by atoms with E-state index in [4.69, 9.17) is 4.74 Å². The molecule has 1 N–H and O–H groups in total. The minimum absolute atomic E-state index is 0.334. The summed E-state index contributed by atoms with van der Waals surface area (Å²) in [6, 6.07) is 7.61. The van der Waals surface area contributed by atoms with Crippen LogP contribution in [-0.2, 0) is 19.4 Å². The number of benzene rings is 1. The summed E-state index contributed by atoms with van der Waals surface area (Å²) in [6.07, 6.45) is 2.69. The Kier molecular flexibility index (Phi) is 3.18. The van der Waals surface area contributed by atoms with E-state index in [0.717, 1.165) is 41.8 Å². The number of aromatic nitrogens is 2. The molecule has 1 aromatic heterocycles. The summed E-state index contributed by atoms with van der Waals surface area (Å²) in [6.45, 7) is 0.450. The van der Waals surface area contributed by atoms with Crippen LogP contribution in [0.5, 0.6) is 5.75 Å². The molecule has 3 rings (SSSR count). The van der Waals surface area contributed by atoms with Crippen molar-refractivity contribution >= 4 is 5.97 Å². The first-order valence-corrected chi connectivity index (χ1v) is 6.64. The highest BCUT2D eigenvalue weighted by atomic mass is 16.5. The van der Waals surface area contributed by atoms with E-state index in [9.17, 15) is 9.90 Å². The molecule has 20 heavy (non-hydrogen) atoms. The number of methoxy groups -OCH3 is 1. The fraction of sp³-hybridized carbons (Fsp3) is 0.333. The van der Waals surface area contributed by atoms with Crippen molar-refractivity contribution in [2.75, 3.05) is 7.11 Å². The Morgan fingerprint density at radius 3 is 3.05 bits per heavy atom. The van der Waals surface area contributed by atoms with E-state index in [0.29, 0.717) is 12.2 Å². The van der Waals surface area contributed by atoms with Crippen LogP contribution in [0.3, 0.4) is 0 Å². The lowest BCUT2D eigenvalue weighted by Gasteiger charge is -2.07. The number of hydrogen-bond acceptors (Lipinski definition) is 3. The molecule has 0 unspecified atom stereocenters. The lowest BCUT2D eigenvalue weighted by atomic mass is 10.2. The minimum atomic E-state index is -0.899. The zero-order valence-corrected chi connectivity index (χ0v) is 11.3. The molecule has 0 saturated heterocycles. The molecular weight excluding hydrogens is 256 g/mol. The van der Waals surface area contributed by atoms with Gasteiger partial charge in [0.2, 0.25) is 0 Å². The summed E-state index contributed by atoms with van der Waals surface area (Å²) < 4.78 is 6.78. The van der Waals surface area contributed by atoms with Crippen LogP contribution in [-0.4, -0.2) is 28.0 Å². The SMILES string of the molecule is COc1cccc(Cn2nc3c(c2C(=O)O)CCC3)c1. The van der Waals surface area contributed by atoms with Gasteiger partial charge in [0.05, 0.1) is 19.3 Å². The first-order chi connectivity index (χ1) is 9.69. The quantitative estimate of drug-likeness (QED) is 0.926. The van der Waals surface area contributed by atoms with E-state index >= 15 is 0 Å². The van der Waals surface area contributed by atoms with Crippen molar-refractivity contribution in [3.05, 3.63) is 46.8 Å². The molecule has 5 nitrogen and oxygen atoms in total. The molecule has 0 amide bonds. The van der Waals surface area contributed by atoms with Gasteiger partial charge in [0.15, 0.2) is 0 Å². The van der Waals surface area contributed by atoms with Gasteiger partial charge in [-0.25, -0.2) is 4.79 Å². The first-order valence-electron chi connectivity index (χ1n) is 6.64. The van der Waals surface area contributed by atoms with Crippen LogP contribution >= 0.6 is 0 Å². The lowest BCUT2D eigenvalue weighted by molar-refractivity contribution is 0.0682. The molecular formula is C15H16N2O3. The van der Waals surface area contributed by atoms with Gasteiger partial charge in [0, 0.05) is 5.56 Å². The Hall–Kier alpha value is -2.30. The molecule has 0 spiro atoms. The topological polar surface area (TPSA) is 64.4 Å². The molecule has 0 atom stereocenters. The molecule has 5 heteroatoms. The van der Waals surface area contributed by atoms with Crippen LogP contribution in [0.1, 0.15) is 33.7 Å². The number of fused-ring (bicyclic) bond motifs is 1. The van der Waals surface area contributed by atoms with Gasteiger partial charge in [0.25, 0.3) is 0 Å². The molecule has 1 aliphatic rings. The maximum absolute atomic E-state index is 11.5. The number of nitrogens with zero attached hydrogens (tertiary/aromatic N) is 2. The average molecular weight is 272 g/mol. The van der Waals surface area contributed by atoms with Crippen LogP contribution in [0.2, 0.25) is 0 Å². The summed E-state index contributed by atoms with van der Waals surface area (Å²) in [4.78, 5) is 11.5. The Bertz CT molecular complexity index is 661. The highest BCUT2D eigenvalue weighted by Gasteiger charge is 2.26. The average Bonchev–Trinajstić information content (AvgIpc) is 2.98. The Morgan fingerprint density at radius 1 is 1.45 bits per heavy atom. The third-order valence-corrected chi connectivity index (χ3v) is 3.64. The number of carboxylic acids is 1. The molecule has 1 aliphatic carbocycles. The van der Waals surface area contributed by atoms with Crippen molar-refractivity contribution in [1.29, 1.82) is 0 Å². The number of carbonyl (C=O) groups is 1. The molecule has 0 radical (unpaired) electrons. The minimum Gasteiger partial charge on any atom is -0.497 e. The Labute approximate surface area is 116 Å². The van der Waals surface area contributed by atoms with E-state index in [1.165, 1.54) is 0 Å². The Balaban J connectivity index is 1.96. The van der Waals surface area contributed by atoms with Crippen molar-refractivity contribution in [3.63, 3.8) is 0 Å². The summed E-state index contributed by atoms with van der Waals surface area (Å²) in [5.74, 6) is -0.136. The first kappa shape index (κ1) is 12.7. The van der Waals surface area contributed by atoms with Crippen molar-refractivity contribution in [3.8, 4) is 5.75 Å². The molecule has 0 saturated carbocycles. The maximum atomic E-state index is 11.5. The molecule has 1 aromatic carbocycles. The smallest absolute Gasteiger partial charge is 0.354 e. The van der Waals surface area contributed by atoms with Crippen LogP contribution in [0.4, 0.5) is 0 Å². The predicted molar refractivity (Wildman–Crippen MR) is 73.3 cm³/mol. The summed E-state index contributed by atoms with van der Waals surface area (Å²) in [5.41, 5.74) is 3.15. The largest absolute Gasteiger partial charge is 0.497 e. The van der Waals surface area contributed by atoms with Gasteiger partial charge in [-0.1, -0.05) is 12.1 Å². The van der Waals surface area contributed by atoms with Crippen molar-refractivity contribution in [2.24, 2.45) is 0 Å². The zero-order chi connectivity index (χ0) is 14.1. The van der Waals surface area contributed by atoms with E-state index in [2.05, 4.69) is 5.10 Å². The fourth-order valence-electron chi connectivity index (χ4n) is 2.74. The second-order valence-electron chi connectivity index (χ2n) is 4.94. The number of rotatable bonds is 4. The van der Waals surface area contributed by atoms with Crippen molar-refractivity contribution in [2.45, 2.75) is 25.8 Å². The molecule has 0 bridgehead atoms. The van der Waals surface area contributed by atoms with Crippen LogP contribution in [0.25, 0.3) is 0 Å². The second kappa shape index (κ2) is 5.00. The number of hydrogen-bond donors (Lipinski definition) is 1. The number of carboxylic acid groups (broad SMARTS) is 1. The van der Waals surface area contributed by atoms with Gasteiger partial charge in [-0.15, -0.1) is 0 Å². The van der Waals surface area contributed by atoms with Gasteiger partial charge in [-0.2, -0.15) is 5.10 Å². The third kappa shape index (κ3) is 2.15. The second-order valence-corrected chi connectivity index (χ2v) is 4.94.